The van der Waals surface area contributed by atoms with Crippen LogP contribution in [0.5, 0.6) is 5.75 Å². The summed E-state index contributed by atoms with van der Waals surface area (Å²) in [7, 11) is 2.92. The fourth-order valence-electron chi connectivity index (χ4n) is 1.74. The van der Waals surface area contributed by atoms with E-state index in [9.17, 15) is 4.79 Å². The molecule has 1 aromatic carbocycles. The molecule has 0 saturated carbocycles. The Balaban J connectivity index is 2.25. The van der Waals surface area contributed by atoms with Crippen molar-refractivity contribution in [1.82, 2.24) is 9.78 Å². The van der Waals surface area contributed by atoms with E-state index in [0.29, 0.717) is 12.2 Å². The molecule has 1 aromatic heterocycles. The molecular formula is C13H15N3O3. The van der Waals surface area contributed by atoms with Crippen molar-refractivity contribution in [3.8, 4) is 5.75 Å². The molecule has 0 fully saturated rings. The number of nitrogens with two attached hydrogens (primary N) is 1. The van der Waals surface area contributed by atoms with Gasteiger partial charge in [-0.05, 0) is 17.7 Å². The third-order valence-electron chi connectivity index (χ3n) is 2.74. The van der Waals surface area contributed by atoms with E-state index in [1.54, 1.807) is 7.11 Å². The lowest BCUT2D eigenvalue weighted by Crippen LogP contribution is -2.14. The summed E-state index contributed by atoms with van der Waals surface area (Å²) < 4.78 is 11.3. The standard InChI is InChI=1S/C13H15N3O3/c1-18-10-5-3-9(4-6-10)8-16-12(13(17)19-2)11(14)7-15-16/h3-7H,8,14H2,1-2H3. The number of benzene rings is 1. The highest BCUT2D eigenvalue weighted by molar-refractivity contribution is 5.92. The van der Waals surface area contributed by atoms with Gasteiger partial charge in [-0.25, -0.2) is 4.79 Å². The molecule has 0 saturated heterocycles. The van der Waals surface area contributed by atoms with Crippen molar-refractivity contribution >= 4 is 11.7 Å². The van der Waals surface area contributed by atoms with E-state index in [-0.39, 0.29) is 5.69 Å². The third-order valence-corrected chi connectivity index (χ3v) is 2.74. The Labute approximate surface area is 110 Å². The molecule has 2 rings (SSSR count). The number of anilines is 1. The molecule has 100 valence electrons. The van der Waals surface area contributed by atoms with Gasteiger partial charge in [-0.15, -0.1) is 0 Å². The number of nitrogen functional groups attached to an aromatic ring is 1. The lowest BCUT2D eigenvalue weighted by Gasteiger charge is -2.07. The quantitative estimate of drug-likeness (QED) is 0.839. The van der Waals surface area contributed by atoms with Crippen LogP contribution in [0.2, 0.25) is 0 Å². The predicted molar refractivity (Wildman–Crippen MR) is 70.1 cm³/mol. The van der Waals surface area contributed by atoms with Crippen LogP contribution in [-0.4, -0.2) is 30.0 Å². The second-order valence-corrected chi connectivity index (χ2v) is 3.95. The van der Waals surface area contributed by atoms with Crippen LogP contribution in [0.3, 0.4) is 0 Å². The first-order valence-corrected chi connectivity index (χ1v) is 5.68. The molecule has 0 bridgehead atoms. The molecule has 0 aliphatic carbocycles. The first kappa shape index (κ1) is 12.9. The Bertz CT molecular complexity index is 575. The highest BCUT2D eigenvalue weighted by atomic mass is 16.5. The van der Waals surface area contributed by atoms with Crippen LogP contribution in [0.1, 0.15) is 16.1 Å². The molecule has 0 radical (unpaired) electrons. The molecular weight excluding hydrogens is 246 g/mol. The zero-order valence-electron chi connectivity index (χ0n) is 10.8. The molecule has 6 nitrogen and oxygen atoms in total. The van der Waals surface area contributed by atoms with E-state index in [0.717, 1.165) is 11.3 Å². The van der Waals surface area contributed by atoms with Crippen molar-refractivity contribution in [2.75, 3.05) is 20.0 Å². The van der Waals surface area contributed by atoms with E-state index < -0.39 is 5.97 Å². The first-order valence-electron chi connectivity index (χ1n) is 5.68. The van der Waals surface area contributed by atoms with Crippen molar-refractivity contribution in [3.05, 3.63) is 41.7 Å². The highest BCUT2D eigenvalue weighted by Gasteiger charge is 2.17. The summed E-state index contributed by atoms with van der Waals surface area (Å²) in [5, 5.41) is 4.08. The van der Waals surface area contributed by atoms with Gasteiger partial charge in [-0.1, -0.05) is 12.1 Å². The van der Waals surface area contributed by atoms with Gasteiger partial charge < -0.3 is 15.2 Å². The minimum Gasteiger partial charge on any atom is -0.497 e. The largest absolute Gasteiger partial charge is 0.497 e. The van der Waals surface area contributed by atoms with Gasteiger partial charge in [0.2, 0.25) is 0 Å². The number of ether oxygens (including phenoxy) is 2. The van der Waals surface area contributed by atoms with Crippen molar-refractivity contribution < 1.29 is 14.3 Å². The lowest BCUT2D eigenvalue weighted by atomic mass is 10.2. The number of methoxy groups -OCH3 is 2. The van der Waals surface area contributed by atoms with Crippen molar-refractivity contribution in [3.63, 3.8) is 0 Å². The number of hydrogen-bond donors (Lipinski definition) is 1. The number of rotatable bonds is 4. The predicted octanol–water partition coefficient (Wildman–Crippen LogP) is 1.31. The van der Waals surface area contributed by atoms with E-state index in [1.807, 2.05) is 24.3 Å². The molecule has 19 heavy (non-hydrogen) atoms. The minimum absolute atomic E-state index is 0.262. The Hall–Kier alpha value is -2.50. The molecule has 0 aliphatic rings. The normalized spacial score (nSPS) is 10.2. The highest BCUT2D eigenvalue weighted by Crippen LogP contribution is 2.16. The maximum absolute atomic E-state index is 11.6. The van der Waals surface area contributed by atoms with E-state index >= 15 is 0 Å². The zero-order valence-corrected chi connectivity index (χ0v) is 10.8. The number of hydrogen-bond acceptors (Lipinski definition) is 5. The van der Waals surface area contributed by atoms with Crippen LogP contribution >= 0.6 is 0 Å². The number of carbonyl (C=O) groups excluding carboxylic acids is 1. The number of esters is 1. The molecule has 2 N–H and O–H groups in total. The van der Waals surface area contributed by atoms with Gasteiger partial charge in [0.1, 0.15) is 5.75 Å². The van der Waals surface area contributed by atoms with Crippen molar-refractivity contribution in [2.24, 2.45) is 0 Å². The summed E-state index contributed by atoms with van der Waals surface area (Å²) in [4.78, 5) is 11.6. The second kappa shape index (κ2) is 5.43. The fourth-order valence-corrected chi connectivity index (χ4v) is 1.74. The van der Waals surface area contributed by atoms with E-state index in [2.05, 4.69) is 5.10 Å². The van der Waals surface area contributed by atoms with Crippen LogP contribution in [0.25, 0.3) is 0 Å². The molecule has 0 aliphatic heterocycles. The Morgan fingerprint density at radius 3 is 2.58 bits per heavy atom. The molecule has 0 amide bonds. The number of carbonyl (C=O) groups is 1. The number of nitrogens with zero attached hydrogens (tertiary/aromatic N) is 2. The third kappa shape index (κ3) is 2.67. The summed E-state index contributed by atoms with van der Waals surface area (Å²) in [5.41, 5.74) is 7.26. The average Bonchev–Trinajstić information content (AvgIpc) is 2.80. The number of aromatic nitrogens is 2. The van der Waals surface area contributed by atoms with Crippen LogP contribution in [0.4, 0.5) is 5.69 Å². The van der Waals surface area contributed by atoms with Gasteiger partial charge in [-0.3, -0.25) is 4.68 Å². The topological polar surface area (TPSA) is 79.4 Å². The van der Waals surface area contributed by atoms with E-state index in [4.69, 9.17) is 15.2 Å². The maximum Gasteiger partial charge on any atom is 0.358 e. The summed E-state index contributed by atoms with van der Waals surface area (Å²) in [5.74, 6) is 0.278. The molecule has 1 heterocycles. The monoisotopic (exact) mass is 261 g/mol. The Morgan fingerprint density at radius 1 is 1.32 bits per heavy atom. The lowest BCUT2D eigenvalue weighted by molar-refractivity contribution is 0.0588. The second-order valence-electron chi connectivity index (χ2n) is 3.95. The summed E-state index contributed by atoms with van der Waals surface area (Å²) in [6, 6.07) is 7.50. The first-order chi connectivity index (χ1) is 9.15. The van der Waals surface area contributed by atoms with Gasteiger partial charge in [0, 0.05) is 0 Å². The van der Waals surface area contributed by atoms with Crippen LogP contribution in [0, 0.1) is 0 Å². The molecule has 0 atom stereocenters. The molecule has 0 unspecified atom stereocenters. The van der Waals surface area contributed by atoms with Gasteiger partial charge in [0.15, 0.2) is 5.69 Å². The Kier molecular flexibility index (Phi) is 3.70. The molecule has 6 heteroatoms. The van der Waals surface area contributed by atoms with Gasteiger partial charge >= 0.3 is 5.97 Å². The smallest absolute Gasteiger partial charge is 0.358 e. The summed E-state index contributed by atoms with van der Waals surface area (Å²) in [6.07, 6.45) is 1.44. The van der Waals surface area contributed by atoms with Gasteiger partial charge in [0.05, 0.1) is 32.6 Å². The van der Waals surface area contributed by atoms with Crippen molar-refractivity contribution in [1.29, 1.82) is 0 Å². The molecule has 2 aromatic rings. The maximum atomic E-state index is 11.6. The van der Waals surface area contributed by atoms with Crippen LogP contribution in [0.15, 0.2) is 30.5 Å². The van der Waals surface area contributed by atoms with Gasteiger partial charge in [0.25, 0.3) is 0 Å². The fraction of sp³-hybridized carbons (Fsp3) is 0.231. The zero-order chi connectivity index (χ0) is 13.8. The SMILES string of the molecule is COC(=O)c1c(N)cnn1Cc1ccc(OC)cc1. The minimum atomic E-state index is -0.497. The van der Waals surface area contributed by atoms with Crippen LogP contribution < -0.4 is 10.5 Å². The van der Waals surface area contributed by atoms with Gasteiger partial charge in [-0.2, -0.15) is 5.10 Å². The van der Waals surface area contributed by atoms with Crippen molar-refractivity contribution in [2.45, 2.75) is 6.54 Å². The summed E-state index contributed by atoms with van der Waals surface area (Å²) in [6.45, 7) is 0.436. The van der Waals surface area contributed by atoms with E-state index in [1.165, 1.54) is 18.0 Å². The van der Waals surface area contributed by atoms with Crippen LogP contribution in [-0.2, 0) is 11.3 Å². The Morgan fingerprint density at radius 2 is 2.00 bits per heavy atom. The molecule has 0 spiro atoms. The average molecular weight is 261 g/mol. The summed E-state index contributed by atoms with van der Waals surface area (Å²) >= 11 is 0.